The van der Waals surface area contributed by atoms with Crippen molar-refractivity contribution in [2.75, 3.05) is 11.1 Å². The first-order valence-corrected chi connectivity index (χ1v) is 10.0. The Morgan fingerprint density at radius 3 is 2.46 bits per heavy atom. The van der Waals surface area contributed by atoms with Crippen LogP contribution in [-0.2, 0) is 4.79 Å². The van der Waals surface area contributed by atoms with Gasteiger partial charge in [0.2, 0.25) is 11.1 Å². The summed E-state index contributed by atoms with van der Waals surface area (Å²) in [5.41, 5.74) is 7.83. The predicted molar refractivity (Wildman–Crippen MR) is 114 cm³/mol. The minimum Gasteiger partial charge on any atom is -0.337 e. The Kier molecular flexibility index (Phi) is 4.77. The van der Waals surface area contributed by atoms with E-state index in [-0.39, 0.29) is 11.7 Å². The highest BCUT2D eigenvalue weighted by atomic mass is 32.2. The smallest absolute Gasteiger partial charge is 0.234 e. The molecule has 0 fully saturated rings. The third-order valence-corrected chi connectivity index (χ3v) is 5.32. The maximum atomic E-state index is 12.3. The summed E-state index contributed by atoms with van der Waals surface area (Å²) in [6.07, 6.45) is 0. The van der Waals surface area contributed by atoms with E-state index in [9.17, 15) is 4.79 Å². The number of hydrogen-bond acceptors (Lipinski definition) is 5. The van der Waals surface area contributed by atoms with E-state index < -0.39 is 0 Å². The van der Waals surface area contributed by atoms with Crippen LogP contribution >= 0.6 is 11.8 Å². The van der Waals surface area contributed by atoms with Gasteiger partial charge >= 0.3 is 0 Å². The number of anilines is 1. The molecule has 7 heteroatoms. The zero-order chi connectivity index (χ0) is 19.8. The molecule has 0 bridgehead atoms. The molecule has 4 rings (SSSR count). The topological polar surface area (TPSA) is 83.6 Å². The molecule has 0 unspecified atom stereocenters. The number of rotatable bonds is 4. The number of carbonyl (C=O) groups excluding carboxylic acids is 1. The molecule has 0 aliphatic heterocycles. The van der Waals surface area contributed by atoms with Gasteiger partial charge in [-0.1, -0.05) is 29.5 Å². The van der Waals surface area contributed by atoms with Crippen molar-refractivity contribution in [1.82, 2.24) is 20.2 Å². The summed E-state index contributed by atoms with van der Waals surface area (Å²) in [7, 11) is 0. The number of fused-ring (bicyclic) bond motifs is 3. The Morgan fingerprint density at radius 1 is 1.00 bits per heavy atom. The molecule has 0 atom stereocenters. The zero-order valence-corrected chi connectivity index (χ0v) is 17.1. The molecule has 0 saturated carbocycles. The van der Waals surface area contributed by atoms with Crippen LogP contribution in [0.3, 0.4) is 0 Å². The van der Waals surface area contributed by atoms with Crippen LogP contribution in [-0.4, -0.2) is 31.8 Å². The molecule has 0 spiro atoms. The standard InChI is InChI=1S/C21H21N5OS/c1-11-5-12(2)8-15(7-11)22-17(27)10-28-21-24-20-19(25-26-21)16-9-13(3)6-14(4)18(16)23-20/h5-9H,10H2,1-4H3,(H,22,27)(H,23,24,26). The van der Waals surface area contributed by atoms with Gasteiger partial charge < -0.3 is 10.3 Å². The number of amides is 1. The molecular weight excluding hydrogens is 370 g/mol. The number of thioether (sulfide) groups is 1. The van der Waals surface area contributed by atoms with Gasteiger partial charge in [0.1, 0.15) is 5.52 Å². The summed E-state index contributed by atoms with van der Waals surface area (Å²) in [5.74, 6) is 0.125. The van der Waals surface area contributed by atoms with Crippen LogP contribution in [0.25, 0.3) is 22.1 Å². The van der Waals surface area contributed by atoms with Gasteiger partial charge in [-0.2, -0.15) is 0 Å². The SMILES string of the molecule is Cc1cc(C)cc(NC(=O)CSc2nnc3c(n2)[nH]c2c(C)cc(C)cc23)c1. The third-order valence-electron chi connectivity index (χ3n) is 4.48. The molecule has 0 radical (unpaired) electrons. The summed E-state index contributed by atoms with van der Waals surface area (Å²) >= 11 is 1.27. The number of H-pyrrole nitrogens is 1. The van der Waals surface area contributed by atoms with Gasteiger partial charge in [0, 0.05) is 11.1 Å². The minimum absolute atomic E-state index is 0.0955. The van der Waals surface area contributed by atoms with Crippen LogP contribution in [0.4, 0.5) is 5.69 Å². The van der Waals surface area contributed by atoms with E-state index in [4.69, 9.17) is 0 Å². The highest BCUT2D eigenvalue weighted by molar-refractivity contribution is 7.99. The molecule has 2 heterocycles. The van der Waals surface area contributed by atoms with E-state index in [0.29, 0.717) is 10.8 Å². The molecule has 1 amide bonds. The Balaban J connectivity index is 1.51. The zero-order valence-electron chi connectivity index (χ0n) is 16.3. The largest absolute Gasteiger partial charge is 0.337 e. The Hall–Kier alpha value is -2.93. The van der Waals surface area contributed by atoms with Crippen molar-refractivity contribution in [3.05, 3.63) is 52.6 Å². The number of nitrogens with zero attached hydrogens (tertiary/aromatic N) is 3. The lowest BCUT2D eigenvalue weighted by Gasteiger charge is -2.07. The first-order valence-electron chi connectivity index (χ1n) is 9.03. The normalized spacial score (nSPS) is 11.3. The molecule has 4 aromatic rings. The number of hydrogen-bond donors (Lipinski definition) is 2. The first kappa shape index (κ1) is 18.4. The fourth-order valence-electron chi connectivity index (χ4n) is 3.45. The highest BCUT2D eigenvalue weighted by Gasteiger charge is 2.13. The molecule has 0 saturated heterocycles. The fourth-order valence-corrected chi connectivity index (χ4v) is 4.04. The van der Waals surface area contributed by atoms with Crippen molar-refractivity contribution >= 4 is 45.4 Å². The summed E-state index contributed by atoms with van der Waals surface area (Å²) in [4.78, 5) is 20.1. The second kappa shape index (κ2) is 7.24. The van der Waals surface area contributed by atoms with E-state index >= 15 is 0 Å². The number of aromatic nitrogens is 4. The number of nitrogens with one attached hydrogen (secondary N) is 2. The van der Waals surface area contributed by atoms with Crippen LogP contribution in [0.1, 0.15) is 22.3 Å². The highest BCUT2D eigenvalue weighted by Crippen LogP contribution is 2.27. The number of carbonyl (C=O) groups is 1. The number of aryl methyl sites for hydroxylation is 4. The predicted octanol–water partition coefficient (Wildman–Crippen LogP) is 4.47. The van der Waals surface area contributed by atoms with E-state index in [0.717, 1.165) is 38.8 Å². The van der Waals surface area contributed by atoms with Crippen molar-refractivity contribution < 1.29 is 4.79 Å². The molecule has 28 heavy (non-hydrogen) atoms. The van der Waals surface area contributed by atoms with Crippen LogP contribution in [0.2, 0.25) is 0 Å². The Morgan fingerprint density at radius 2 is 1.71 bits per heavy atom. The molecular formula is C21H21N5OS. The number of benzene rings is 2. The van der Waals surface area contributed by atoms with E-state index in [1.165, 1.54) is 17.3 Å². The third kappa shape index (κ3) is 3.71. The fraction of sp³-hybridized carbons (Fsp3) is 0.238. The van der Waals surface area contributed by atoms with Crippen molar-refractivity contribution in [2.45, 2.75) is 32.9 Å². The van der Waals surface area contributed by atoms with Gasteiger partial charge in [-0.15, -0.1) is 10.2 Å². The quantitative estimate of drug-likeness (QED) is 0.502. The molecule has 6 nitrogen and oxygen atoms in total. The van der Waals surface area contributed by atoms with Gasteiger partial charge in [0.05, 0.1) is 11.3 Å². The van der Waals surface area contributed by atoms with Crippen molar-refractivity contribution in [3.63, 3.8) is 0 Å². The van der Waals surface area contributed by atoms with Gasteiger partial charge in [-0.05, 0) is 62.6 Å². The molecule has 2 N–H and O–H groups in total. The van der Waals surface area contributed by atoms with Gasteiger partial charge in [-0.25, -0.2) is 4.98 Å². The van der Waals surface area contributed by atoms with Gasteiger partial charge in [-0.3, -0.25) is 4.79 Å². The second-order valence-electron chi connectivity index (χ2n) is 7.13. The molecule has 0 aliphatic rings. The van der Waals surface area contributed by atoms with Crippen LogP contribution < -0.4 is 5.32 Å². The van der Waals surface area contributed by atoms with Gasteiger partial charge in [0.15, 0.2) is 5.65 Å². The second-order valence-corrected chi connectivity index (χ2v) is 8.08. The molecule has 2 aromatic heterocycles. The van der Waals surface area contributed by atoms with Crippen LogP contribution in [0.15, 0.2) is 35.5 Å². The summed E-state index contributed by atoms with van der Waals surface area (Å²) in [6, 6.07) is 10.2. The average molecular weight is 392 g/mol. The van der Waals surface area contributed by atoms with Crippen molar-refractivity contribution in [3.8, 4) is 0 Å². The summed E-state index contributed by atoms with van der Waals surface area (Å²) in [6.45, 7) is 8.14. The Labute approximate surface area is 167 Å². The van der Waals surface area contributed by atoms with E-state index in [1.807, 2.05) is 26.0 Å². The lowest BCUT2D eigenvalue weighted by molar-refractivity contribution is -0.113. The summed E-state index contributed by atoms with van der Waals surface area (Å²) < 4.78 is 0. The summed E-state index contributed by atoms with van der Waals surface area (Å²) in [5, 5.41) is 13.0. The van der Waals surface area contributed by atoms with Crippen molar-refractivity contribution in [2.24, 2.45) is 0 Å². The molecule has 142 valence electrons. The maximum absolute atomic E-state index is 12.3. The monoisotopic (exact) mass is 391 g/mol. The van der Waals surface area contributed by atoms with Crippen LogP contribution in [0.5, 0.6) is 0 Å². The maximum Gasteiger partial charge on any atom is 0.234 e. The van der Waals surface area contributed by atoms with Crippen LogP contribution in [0, 0.1) is 27.7 Å². The van der Waals surface area contributed by atoms with Gasteiger partial charge in [0.25, 0.3) is 0 Å². The lowest BCUT2D eigenvalue weighted by atomic mass is 10.1. The van der Waals surface area contributed by atoms with E-state index in [1.54, 1.807) is 0 Å². The Bertz CT molecular complexity index is 1190. The first-order chi connectivity index (χ1) is 13.4. The average Bonchev–Trinajstić information content (AvgIpc) is 2.97. The molecule has 0 aliphatic carbocycles. The number of aromatic amines is 1. The van der Waals surface area contributed by atoms with Crippen molar-refractivity contribution in [1.29, 1.82) is 0 Å². The molecule has 2 aromatic carbocycles. The minimum atomic E-state index is -0.0955. The lowest BCUT2D eigenvalue weighted by Crippen LogP contribution is -2.14. The van der Waals surface area contributed by atoms with E-state index in [2.05, 4.69) is 57.5 Å².